The summed E-state index contributed by atoms with van der Waals surface area (Å²) in [5.74, 6) is -0.260. The highest BCUT2D eigenvalue weighted by molar-refractivity contribution is 9.10. The van der Waals surface area contributed by atoms with Gasteiger partial charge in [-0.25, -0.2) is 9.37 Å². The Morgan fingerprint density at radius 1 is 1.04 bits per heavy atom. The van der Waals surface area contributed by atoms with Crippen molar-refractivity contribution in [1.82, 2.24) is 4.98 Å². The molecule has 1 heterocycles. The molecule has 0 aliphatic rings. The molecule has 0 saturated carbocycles. The van der Waals surface area contributed by atoms with Gasteiger partial charge in [0, 0.05) is 21.9 Å². The fraction of sp³-hybridized carbons (Fsp3) is 0. The van der Waals surface area contributed by atoms with Crippen LogP contribution >= 0.6 is 15.9 Å². The van der Waals surface area contributed by atoms with Gasteiger partial charge in [-0.05, 0) is 48.5 Å². The van der Waals surface area contributed by atoms with Crippen LogP contribution in [0.15, 0.2) is 71.3 Å². The van der Waals surface area contributed by atoms with Gasteiger partial charge in [0.1, 0.15) is 11.6 Å². The average molecular weight is 386 g/mol. The van der Waals surface area contributed by atoms with Gasteiger partial charge in [-0.3, -0.25) is 4.79 Å². The Bertz CT molecular complexity index is 868. The third-order valence-corrected chi connectivity index (χ3v) is 3.79. The third kappa shape index (κ3) is 3.97. The number of hydrogen-bond acceptors (Lipinski definition) is 3. The molecule has 0 atom stereocenters. The van der Waals surface area contributed by atoms with Crippen LogP contribution in [0.2, 0.25) is 0 Å². The van der Waals surface area contributed by atoms with Crippen molar-refractivity contribution in [1.29, 1.82) is 0 Å². The van der Waals surface area contributed by atoms with E-state index < -0.39 is 0 Å². The topological polar surface area (TPSA) is 54.0 Å². The zero-order valence-corrected chi connectivity index (χ0v) is 14.0. The monoisotopic (exact) mass is 385 g/mol. The van der Waals surface area contributed by atoms with Crippen LogP contribution in [0.5, 0.6) is 0 Å². The number of hydrogen-bond donors (Lipinski definition) is 2. The van der Waals surface area contributed by atoms with E-state index in [9.17, 15) is 9.18 Å². The first-order chi connectivity index (χ1) is 11.6. The molecule has 0 unspecified atom stereocenters. The minimum atomic E-state index is -0.385. The van der Waals surface area contributed by atoms with Gasteiger partial charge in [0.15, 0.2) is 0 Å². The first-order valence-corrected chi connectivity index (χ1v) is 7.95. The van der Waals surface area contributed by atoms with E-state index in [1.165, 1.54) is 12.3 Å². The number of halogens is 2. The quantitative estimate of drug-likeness (QED) is 0.665. The summed E-state index contributed by atoms with van der Waals surface area (Å²) < 4.78 is 14.6. The number of nitrogens with zero attached hydrogens (tertiary/aromatic N) is 1. The molecule has 0 fully saturated rings. The van der Waals surface area contributed by atoms with Crippen LogP contribution in [0.3, 0.4) is 0 Å². The van der Waals surface area contributed by atoms with Crippen LogP contribution in [-0.2, 0) is 0 Å². The van der Waals surface area contributed by atoms with Crippen molar-refractivity contribution < 1.29 is 9.18 Å². The molecule has 0 aliphatic carbocycles. The maximum Gasteiger partial charge on any atom is 0.255 e. The summed E-state index contributed by atoms with van der Waals surface area (Å²) in [6, 6.07) is 16.7. The molecule has 24 heavy (non-hydrogen) atoms. The molecule has 120 valence electrons. The molecule has 3 rings (SSSR count). The molecular formula is C18H13BrFN3O. The van der Waals surface area contributed by atoms with E-state index in [1.54, 1.807) is 42.5 Å². The highest BCUT2D eigenvalue weighted by Crippen LogP contribution is 2.19. The maximum absolute atomic E-state index is 13.7. The number of anilines is 3. The first kappa shape index (κ1) is 16.1. The predicted molar refractivity (Wildman–Crippen MR) is 96.0 cm³/mol. The second-order valence-electron chi connectivity index (χ2n) is 5.00. The molecule has 0 aliphatic heterocycles. The standard InChI is InChI=1S/C18H13BrFN3O/c19-13-5-7-14(8-6-13)22-18(24)12-9-10-21-17(11-12)23-16-4-2-1-3-15(16)20/h1-11H,(H,21,23)(H,22,24). The number of carbonyl (C=O) groups is 1. The number of carbonyl (C=O) groups excluding carboxylic acids is 1. The lowest BCUT2D eigenvalue weighted by Crippen LogP contribution is -2.12. The minimum absolute atomic E-state index is 0.267. The summed E-state index contributed by atoms with van der Waals surface area (Å²) in [6.45, 7) is 0. The zero-order chi connectivity index (χ0) is 16.9. The number of benzene rings is 2. The SMILES string of the molecule is O=C(Nc1ccc(Br)cc1)c1ccnc(Nc2ccccc2F)c1. The van der Waals surface area contributed by atoms with E-state index in [4.69, 9.17) is 0 Å². The Morgan fingerprint density at radius 3 is 2.54 bits per heavy atom. The number of rotatable bonds is 4. The summed E-state index contributed by atoms with van der Waals surface area (Å²) in [5.41, 5.74) is 1.41. The molecule has 3 aromatic rings. The van der Waals surface area contributed by atoms with Gasteiger partial charge in [-0.2, -0.15) is 0 Å². The highest BCUT2D eigenvalue weighted by Gasteiger charge is 2.09. The molecule has 0 radical (unpaired) electrons. The zero-order valence-electron chi connectivity index (χ0n) is 12.5. The van der Waals surface area contributed by atoms with Gasteiger partial charge < -0.3 is 10.6 Å². The van der Waals surface area contributed by atoms with Crippen molar-refractivity contribution in [2.45, 2.75) is 0 Å². The Balaban J connectivity index is 1.76. The Hall–Kier alpha value is -2.73. The summed E-state index contributed by atoms with van der Waals surface area (Å²) in [7, 11) is 0. The summed E-state index contributed by atoms with van der Waals surface area (Å²) in [5, 5.41) is 5.66. The maximum atomic E-state index is 13.7. The predicted octanol–water partition coefficient (Wildman–Crippen LogP) is 4.98. The fourth-order valence-electron chi connectivity index (χ4n) is 2.08. The Morgan fingerprint density at radius 2 is 1.79 bits per heavy atom. The third-order valence-electron chi connectivity index (χ3n) is 3.26. The molecular weight excluding hydrogens is 373 g/mol. The van der Waals surface area contributed by atoms with Crippen molar-refractivity contribution in [2.24, 2.45) is 0 Å². The molecule has 0 saturated heterocycles. The summed E-state index contributed by atoms with van der Waals surface area (Å²) in [4.78, 5) is 16.4. The Kier molecular flexibility index (Phi) is 4.86. The van der Waals surface area contributed by atoms with Crippen molar-refractivity contribution in [3.8, 4) is 0 Å². The van der Waals surface area contributed by atoms with Gasteiger partial charge in [-0.15, -0.1) is 0 Å². The number of para-hydroxylation sites is 1. The molecule has 0 bridgehead atoms. The van der Waals surface area contributed by atoms with Gasteiger partial charge >= 0.3 is 0 Å². The van der Waals surface area contributed by atoms with Crippen LogP contribution in [0.1, 0.15) is 10.4 Å². The molecule has 1 aromatic heterocycles. The van der Waals surface area contributed by atoms with Crippen LogP contribution in [0.4, 0.5) is 21.6 Å². The van der Waals surface area contributed by atoms with Gasteiger partial charge in [0.05, 0.1) is 5.69 Å². The number of pyridine rings is 1. The van der Waals surface area contributed by atoms with E-state index in [0.29, 0.717) is 22.8 Å². The van der Waals surface area contributed by atoms with Crippen molar-refractivity contribution >= 4 is 39.0 Å². The number of nitrogens with one attached hydrogen (secondary N) is 2. The van der Waals surface area contributed by atoms with E-state index in [1.807, 2.05) is 12.1 Å². The largest absolute Gasteiger partial charge is 0.338 e. The second kappa shape index (κ2) is 7.23. The Labute approximate surface area is 146 Å². The number of aromatic nitrogens is 1. The van der Waals surface area contributed by atoms with Gasteiger partial charge in [-0.1, -0.05) is 28.1 Å². The summed E-state index contributed by atoms with van der Waals surface area (Å²) in [6.07, 6.45) is 1.50. The lowest BCUT2D eigenvalue weighted by Gasteiger charge is -2.09. The van der Waals surface area contributed by atoms with E-state index in [-0.39, 0.29) is 11.7 Å². The lowest BCUT2D eigenvalue weighted by atomic mass is 10.2. The van der Waals surface area contributed by atoms with Crippen LogP contribution in [-0.4, -0.2) is 10.9 Å². The highest BCUT2D eigenvalue weighted by atomic mass is 79.9. The van der Waals surface area contributed by atoms with Crippen LogP contribution in [0.25, 0.3) is 0 Å². The van der Waals surface area contributed by atoms with Crippen molar-refractivity contribution in [3.05, 3.63) is 82.7 Å². The molecule has 2 aromatic carbocycles. The van der Waals surface area contributed by atoms with Crippen molar-refractivity contribution in [3.63, 3.8) is 0 Å². The lowest BCUT2D eigenvalue weighted by molar-refractivity contribution is 0.102. The molecule has 2 N–H and O–H groups in total. The molecule has 0 spiro atoms. The van der Waals surface area contributed by atoms with Gasteiger partial charge in [0.2, 0.25) is 0 Å². The first-order valence-electron chi connectivity index (χ1n) is 7.16. The fourth-order valence-corrected chi connectivity index (χ4v) is 2.34. The summed E-state index contributed by atoms with van der Waals surface area (Å²) >= 11 is 3.34. The number of amides is 1. The van der Waals surface area contributed by atoms with E-state index in [0.717, 1.165) is 4.47 Å². The molecule has 1 amide bonds. The van der Waals surface area contributed by atoms with Crippen LogP contribution in [0, 0.1) is 5.82 Å². The second-order valence-corrected chi connectivity index (χ2v) is 5.91. The van der Waals surface area contributed by atoms with Gasteiger partial charge in [0.25, 0.3) is 5.91 Å². The molecule has 4 nitrogen and oxygen atoms in total. The average Bonchev–Trinajstić information content (AvgIpc) is 2.59. The minimum Gasteiger partial charge on any atom is -0.338 e. The molecule has 6 heteroatoms. The normalized spacial score (nSPS) is 10.2. The van der Waals surface area contributed by atoms with E-state index >= 15 is 0 Å². The van der Waals surface area contributed by atoms with Crippen molar-refractivity contribution in [2.75, 3.05) is 10.6 Å². The van der Waals surface area contributed by atoms with E-state index in [2.05, 4.69) is 31.5 Å². The van der Waals surface area contributed by atoms with Crippen LogP contribution < -0.4 is 10.6 Å². The smallest absolute Gasteiger partial charge is 0.255 e.